The molecule has 0 saturated heterocycles. The van der Waals surface area contributed by atoms with Crippen LogP contribution in [0.2, 0.25) is 0 Å². The number of rotatable bonds is 4. The quantitative estimate of drug-likeness (QED) is 0.497. The number of benzene rings is 1. The van der Waals surface area contributed by atoms with Crippen LogP contribution in [0.1, 0.15) is 11.5 Å². The topological polar surface area (TPSA) is 82.3 Å². The summed E-state index contributed by atoms with van der Waals surface area (Å²) < 4.78 is 0.918. The van der Waals surface area contributed by atoms with Crippen LogP contribution in [0.3, 0.4) is 0 Å². The Morgan fingerprint density at radius 2 is 1.92 bits per heavy atom. The molecule has 24 heavy (non-hydrogen) atoms. The molecular weight excluding hydrogens is 368 g/mol. The summed E-state index contributed by atoms with van der Waals surface area (Å²) in [6.45, 7) is 2.65. The maximum absolute atomic E-state index is 4.59. The lowest BCUT2D eigenvalue weighted by molar-refractivity contribution is 1.05. The number of hydrogen-bond acceptors (Lipinski definition) is 4. The number of aromatic nitrogens is 5. The van der Waals surface area contributed by atoms with Gasteiger partial charge < -0.3 is 15.3 Å². The summed E-state index contributed by atoms with van der Waals surface area (Å²) in [5, 5.41) is 3.37. The van der Waals surface area contributed by atoms with E-state index in [0.717, 1.165) is 44.2 Å². The second kappa shape index (κ2) is 6.09. The normalized spacial score (nSPS) is 11.1. The molecule has 0 bridgehead atoms. The summed E-state index contributed by atoms with van der Waals surface area (Å²) in [5.41, 5.74) is 4.75. The fourth-order valence-electron chi connectivity index (χ4n) is 2.51. The maximum atomic E-state index is 4.59. The van der Waals surface area contributed by atoms with Crippen LogP contribution in [0.5, 0.6) is 0 Å². The molecule has 4 aromatic rings. The van der Waals surface area contributed by atoms with Crippen LogP contribution in [0, 0.1) is 6.92 Å². The number of fused-ring (bicyclic) bond motifs is 1. The highest BCUT2D eigenvalue weighted by molar-refractivity contribution is 9.10. The standard InChI is InChI=1S/C17H15BrN6/c1-10-19-8-14(22-10)9-20-13-4-2-11(3-5-13)16-23-15-6-12(18)7-21-17(15)24-16/h2-8,20H,9H2,1H3,(H,19,22)(H,21,23,24). The minimum absolute atomic E-state index is 0.711. The van der Waals surface area contributed by atoms with E-state index < -0.39 is 0 Å². The zero-order valence-electron chi connectivity index (χ0n) is 13.0. The van der Waals surface area contributed by atoms with Crippen LogP contribution in [-0.4, -0.2) is 24.9 Å². The van der Waals surface area contributed by atoms with Gasteiger partial charge in [-0.2, -0.15) is 0 Å². The zero-order chi connectivity index (χ0) is 16.5. The lowest BCUT2D eigenvalue weighted by atomic mass is 10.2. The van der Waals surface area contributed by atoms with Gasteiger partial charge in [0.15, 0.2) is 5.65 Å². The molecule has 0 amide bonds. The predicted octanol–water partition coefficient (Wildman–Crippen LogP) is 4.03. The highest BCUT2D eigenvalue weighted by Crippen LogP contribution is 2.23. The lowest BCUT2D eigenvalue weighted by Gasteiger charge is -2.05. The van der Waals surface area contributed by atoms with E-state index >= 15 is 0 Å². The average molecular weight is 383 g/mol. The van der Waals surface area contributed by atoms with Gasteiger partial charge in [-0.15, -0.1) is 0 Å². The smallest absolute Gasteiger partial charge is 0.157 e. The van der Waals surface area contributed by atoms with E-state index in [1.807, 2.05) is 43.5 Å². The Balaban J connectivity index is 1.51. The Labute approximate surface area is 146 Å². The van der Waals surface area contributed by atoms with Gasteiger partial charge >= 0.3 is 0 Å². The van der Waals surface area contributed by atoms with Crippen molar-refractivity contribution >= 4 is 32.8 Å². The van der Waals surface area contributed by atoms with Gasteiger partial charge in [-0.3, -0.25) is 0 Å². The summed E-state index contributed by atoms with van der Waals surface area (Å²) in [6, 6.07) is 10.1. The van der Waals surface area contributed by atoms with Crippen LogP contribution in [-0.2, 0) is 6.54 Å². The van der Waals surface area contributed by atoms with Crippen LogP contribution in [0.4, 0.5) is 5.69 Å². The van der Waals surface area contributed by atoms with Gasteiger partial charge in [0.25, 0.3) is 0 Å². The Morgan fingerprint density at radius 1 is 1.08 bits per heavy atom. The van der Waals surface area contributed by atoms with Crippen LogP contribution < -0.4 is 5.32 Å². The molecule has 0 saturated carbocycles. The maximum Gasteiger partial charge on any atom is 0.157 e. The van der Waals surface area contributed by atoms with Crippen molar-refractivity contribution < 1.29 is 0 Å². The fourth-order valence-corrected chi connectivity index (χ4v) is 2.83. The van der Waals surface area contributed by atoms with Crippen LogP contribution >= 0.6 is 15.9 Å². The molecule has 3 heterocycles. The zero-order valence-corrected chi connectivity index (χ0v) is 14.6. The predicted molar refractivity (Wildman–Crippen MR) is 97.7 cm³/mol. The van der Waals surface area contributed by atoms with Gasteiger partial charge in [0.05, 0.1) is 18.4 Å². The third kappa shape index (κ3) is 3.03. The van der Waals surface area contributed by atoms with E-state index in [1.54, 1.807) is 6.20 Å². The number of aromatic amines is 2. The number of H-pyrrole nitrogens is 2. The van der Waals surface area contributed by atoms with E-state index in [4.69, 9.17) is 0 Å². The molecule has 0 radical (unpaired) electrons. The van der Waals surface area contributed by atoms with Crippen molar-refractivity contribution in [1.29, 1.82) is 0 Å². The second-order valence-corrected chi connectivity index (χ2v) is 6.45. The Bertz CT molecular complexity index is 986. The summed E-state index contributed by atoms with van der Waals surface area (Å²) in [4.78, 5) is 19.5. The fraction of sp³-hybridized carbons (Fsp3) is 0.118. The summed E-state index contributed by atoms with van der Waals surface area (Å²) in [6.07, 6.45) is 3.60. The molecule has 0 aliphatic heterocycles. The van der Waals surface area contributed by atoms with E-state index in [1.165, 1.54) is 0 Å². The highest BCUT2D eigenvalue weighted by atomic mass is 79.9. The molecule has 0 spiro atoms. The minimum atomic E-state index is 0.711. The number of anilines is 1. The van der Waals surface area contributed by atoms with E-state index in [9.17, 15) is 0 Å². The summed E-state index contributed by atoms with van der Waals surface area (Å²) >= 11 is 3.41. The molecule has 6 nitrogen and oxygen atoms in total. The van der Waals surface area contributed by atoms with Gasteiger partial charge in [0.1, 0.15) is 17.2 Å². The van der Waals surface area contributed by atoms with E-state index in [2.05, 4.69) is 46.2 Å². The summed E-state index contributed by atoms with van der Waals surface area (Å²) in [7, 11) is 0. The van der Waals surface area contributed by atoms with Crippen molar-refractivity contribution in [3.8, 4) is 11.4 Å². The van der Waals surface area contributed by atoms with Crippen molar-refractivity contribution in [1.82, 2.24) is 24.9 Å². The first-order valence-electron chi connectivity index (χ1n) is 7.53. The van der Waals surface area contributed by atoms with Crippen molar-refractivity contribution in [3.63, 3.8) is 0 Å². The number of pyridine rings is 1. The molecule has 3 aromatic heterocycles. The third-order valence-corrected chi connectivity index (χ3v) is 4.13. The Morgan fingerprint density at radius 3 is 2.67 bits per heavy atom. The molecule has 3 N–H and O–H groups in total. The molecule has 1 aromatic carbocycles. The average Bonchev–Trinajstić information content (AvgIpc) is 3.19. The molecule has 0 unspecified atom stereocenters. The molecular formula is C17H15BrN6. The molecule has 7 heteroatoms. The van der Waals surface area contributed by atoms with Gasteiger partial charge in [0, 0.05) is 21.9 Å². The highest BCUT2D eigenvalue weighted by Gasteiger charge is 2.07. The van der Waals surface area contributed by atoms with Crippen molar-refractivity contribution in [2.45, 2.75) is 13.5 Å². The van der Waals surface area contributed by atoms with Crippen LogP contribution in [0.25, 0.3) is 22.6 Å². The number of nitrogens with one attached hydrogen (secondary N) is 3. The molecule has 4 rings (SSSR count). The number of aryl methyl sites for hydroxylation is 1. The Hall–Kier alpha value is -2.67. The largest absolute Gasteiger partial charge is 0.379 e. The summed E-state index contributed by atoms with van der Waals surface area (Å²) in [5.74, 6) is 1.73. The molecule has 0 fully saturated rings. The van der Waals surface area contributed by atoms with Crippen molar-refractivity contribution in [2.24, 2.45) is 0 Å². The van der Waals surface area contributed by atoms with E-state index in [-0.39, 0.29) is 0 Å². The lowest BCUT2D eigenvalue weighted by Crippen LogP contribution is -1.99. The van der Waals surface area contributed by atoms with Gasteiger partial charge in [-0.05, 0) is 53.2 Å². The second-order valence-electron chi connectivity index (χ2n) is 5.53. The van der Waals surface area contributed by atoms with Gasteiger partial charge in [-0.1, -0.05) is 0 Å². The van der Waals surface area contributed by atoms with Crippen molar-refractivity contribution in [3.05, 3.63) is 58.7 Å². The van der Waals surface area contributed by atoms with E-state index in [0.29, 0.717) is 6.54 Å². The van der Waals surface area contributed by atoms with Crippen LogP contribution in [0.15, 0.2) is 47.2 Å². The Kier molecular flexibility index (Phi) is 3.78. The molecule has 0 atom stereocenters. The van der Waals surface area contributed by atoms with Crippen molar-refractivity contribution in [2.75, 3.05) is 5.32 Å². The first-order valence-corrected chi connectivity index (χ1v) is 8.33. The molecule has 0 aliphatic carbocycles. The number of hydrogen-bond donors (Lipinski definition) is 3. The first-order chi connectivity index (χ1) is 11.7. The van der Waals surface area contributed by atoms with Gasteiger partial charge in [0.2, 0.25) is 0 Å². The monoisotopic (exact) mass is 382 g/mol. The minimum Gasteiger partial charge on any atom is -0.379 e. The number of halogens is 1. The molecule has 120 valence electrons. The number of nitrogens with zero attached hydrogens (tertiary/aromatic N) is 3. The SMILES string of the molecule is Cc1ncc(CNc2ccc(-c3nc4cc(Br)cnc4[nH]3)cc2)[nH]1. The molecule has 0 aliphatic rings. The third-order valence-electron chi connectivity index (χ3n) is 3.70. The number of imidazole rings is 2. The first kappa shape index (κ1) is 14.9. The van der Waals surface area contributed by atoms with Gasteiger partial charge in [-0.25, -0.2) is 15.0 Å².